The number of amides is 3. The smallest absolute Gasteiger partial charge is 0.407 e. The first-order valence-corrected chi connectivity index (χ1v) is 18.8. The molecule has 11 nitrogen and oxygen atoms in total. The number of ether oxygens (including phenoxy) is 1. The van der Waals surface area contributed by atoms with E-state index in [4.69, 9.17) is 4.74 Å². The molecule has 2 N–H and O–H groups in total. The third kappa shape index (κ3) is 7.08. The first-order valence-electron chi connectivity index (χ1n) is 18.8. The lowest BCUT2D eigenvalue weighted by Crippen LogP contribution is -2.52. The van der Waals surface area contributed by atoms with Crippen molar-refractivity contribution < 1.29 is 29.3 Å². The summed E-state index contributed by atoms with van der Waals surface area (Å²) in [5, 5.41) is 19.9. The minimum absolute atomic E-state index is 0.0862. The maximum absolute atomic E-state index is 15.2. The SMILES string of the molecule is Cc1c(C(=O)N(c2ccccc2)c2ccc(O)cc2)cc(-c2cc3c(cc2C(=O)N2Cc4ccccc4C[C@H]2CN2CCOCC2)CN(C(=O)O)CC3)n1C. The number of phenols is 1. The van der Waals surface area contributed by atoms with Crippen molar-refractivity contribution in [3.8, 4) is 17.0 Å². The van der Waals surface area contributed by atoms with Crippen LogP contribution < -0.4 is 4.90 Å². The van der Waals surface area contributed by atoms with Gasteiger partial charge < -0.3 is 29.3 Å². The van der Waals surface area contributed by atoms with E-state index in [0.29, 0.717) is 73.0 Å². The number of hydrogen-bond acceptors (Lipinski definition) is 6. The summed E-state index contributed by atoms with van der Waals surface area (Å²) in [6.07, 6.45) is 0.247. The molecule has 1 atom stereocenters. The number of aromatic nitrogens is 1. The van der Waals surface area contributed by atoms with E-state index in [9.17, 15) is 19.8 Å². The molecule has 1 saturated heterocycles. The van der Waals surface area contributed by atoms with Crippen molar-refractivity contribution in [1.82, 2.24) is 19.3 Å². The number of carbonyl (C=O) groups excluding carboxylic acids is 2. The number of carboxylic acid groups (broad SMARTS) is 1. The number of nitrogens with zero attached hydrogens (tertiary/aromatic N) is 5. The third-order valence-electron chi connectivity index (χ3n) is 11.4. The van der Waals surface area contributed by atoms with Crippen LogP contribution in [0.4, 0.5) is 16.2 Å². The van der Waals surface area contributed by atoms with Gasteiger partial charge in [-0.1, -0.05) is 42.5 Å². The van der Waals surface area contributed by atoms with E-state index in [1.165, 1.54) is 10.5 Å². The van der Waals surface area contributed by atoms with Crippen molar-refractivity contribution >= 4 is 29.3 Å². The molecule has 3 amide bonds. The molecule has 4 heterocycles. The van der Waals surface area contributed by atoms with E-state index >= 15 is 4.79 Å². The van der Waals surface area contributed by atoms with Gasteiger partial charge in [-0.05, 0) is 96.6 Å². The fraction of sp³-hybridized carbons (Fsp3) is 0.295. The van der Waals surface area contributed by atoms with Gasteiger partial charge in [0.05, 0.1) is 18.8 Å². The Bertz CT molecular complexity index is 2250. The molecule has 0 radical (unpaired) electrons. The molecule has 0 aliphatic carbocycles. The van der Waals surface area contributed by atoms with Crippen molar-refractivity contribution in [3.63, 3.8) is 0 Å². The monoisotopic (exact) mass is 739 g/mol. The highest BCUT2D eigenvalue weighted by Gasteiger charge is 2.35. The molecule has 11 heteroatoms. The Morgan fingerprint density at radius 2 is 1.47 bits per heavy atom. The molecule has 55 heavy (non-hydrogen) atoms. The molecule has 1 fully saturated rings. The fourth-order valence-electron chi connectivity index (χ4n) is 8.24. The van der Waals surface area contributed by atoms with Gasteiger partial charge in [-0.15, -0.1) is 0 Å². The molecule has 0 saturated carbocycles. The van der Waals surface area contributed by atoms with Gasteiger partial charge in [-0.3, -0.25) is 19.4 Å². The van der Waals surface area contributed by atoms with E-state index < -0.39 is 6.09 Å². The highest BCUT2D eigenvalue weighted by Crippen LogP contribution is 2.37. The fourth-order valence-corrected chi connectivity index (χ4v) is 8.24. The summed E-state index contributed by atoms with van der Waals surface area (Å²) in [5.41, 5.74) is 8.53. The van der Waals surface area contributed by atoms with Crippen LogP contribution in [0.3, 0.4) is 0 Å². The second-order valence-corrected chi connectivity index (χ2v) is 14.7. The van der Waals surface area contributed by atoms with Crippen LogP contribution in [0.15, 0.2) is 97.1 Å². The molecular formula is C44H45N5O6. The van der Waals surface area contributed by atoms with Gasteiger partial charge in [0.2, 0.25) is 0 Å². The van der Waals surface area contributed by atoms with Crippen LogP contribution in [-0.4, -0.2) is 92.8 Å². The van der Waals surface area contributed by atoms with Crippen LogP contribution in [0, 0.1) is 6.92 Å². The van der Waals surface area contributed by atoms with Gasteiger partial charge in [0.15, 0.2) is 0 Å². The van der Waals surface area contributed by atoms with Gasteiger partial charge in [-0.2, -0.15) is 0 Å². The summed E-state index contributed by atoms with van der Waals surface area (Å²) >= 11 is 0. The van der Waals surface area contributed by atoms with Gasteiger partial charge in [-0.25, -0.2) is 4.79 Å². The molecule has 8 rings (SSSR count). The lowest BCUT2D eigenvalue weighted by molar-refractivity contribution is 0.0193. The number of para-hydroxylation sites is 1. The van der Waals surface area contributed by atoms with E-state index in [2.05, 4.69) is 23.1 Å². The second kappa shape index (κ2) is 15.1. The van der Waals surface area contributed by atoms with Crippen LogP contribution in [-0.2, 0) is 37.7 Å². The first-order chi connectivity index (χ1) is 26.7. The Kier molecular flexibility index (Phi) is 9.89. The number of morpholine rings is 1. The largest absolute Gasteiger partial charge is 0.508 e. The van der Waals surface area contributed by atoms with Crippen molar-refractivity contribution in [2.24, 2.45) is 7.05 Å². The van der Waals surface area contributed by atoms with E-state index in [1.807, 2.05) is 78.0 Å². The van der Waals surface area contributed by atoms with Gasteiger partial charge in [0.25, 0.3) is 11.8 Å². The Labute approximate surface area is 320 Å². The summed E-state index contributed by atoms with van der Waals surface area (Å²) < 4.78 is 7.60. The zero-order chi connectivity index (χ0) is 38.2. The molecule has 1 aromatic heterocycles. The normalized spacial score (nSPS) is 17.0. The number of phenolic OH excluding ortho intramolecular Hbond substituents is 1. The second-order valence-electron chi connectivity index (χ2n) is 14.7. The number of rotatable bonds is 7. The van der Waals surface area contributed by atoms with Gasteiger partial charge in [0, 0.05) is 86.2 Å². The molecule has 5 aromatic rings. The van der Waals surface area contributed by atoms with Crippen molar-refractivity contribution in [2.75, 3.05) is 44.3 Å². The summed E-state index contributed by atoms with van der Waals surface area (Å²) in [4.78, 5) is 49.4. The van der Waals surface area contributed by atoms with Crippen molar-refractivity contribution in [1.29, 1.82) is 0 Å². The molecule has 4 aromatic carbocycles. The molecule has 3 aliphatic rings. The maximum Gasteiger partial charge on any atom is 0.407 e. The van der Waals surface area contributed by atoms with Gasteiger partial charge >= 0.3 is 6.09 Å². The number of aromatic hydroxyl groups is 1. The average molecular weight is 740 g/mol. The molecule has 0 unspecified atom stereocenters. The average Bonchev–Trinajstić information content (AvgIpc) is 3.51. The summed E-state index contributed by atoms with van der Waals surface area (Å²) in [6.45, 7) is 6.55. The number of hydrogen-bond donors (Lipinski definition) is 2. The Hall–Kier alpha value is -5.91. The lowest BCUT2D eigenvalue weighted by atomic mass is 9.89. The quantitative estimate of drug-likeness (QED) is 0.193. The number of anilines is 2. The van der Waals surface area contributed by atoms with E-state index in [-0.39, 0.29) is 30.2 Å². The van der Waals surface area contributed by atoms with Crippen LogP contribution in [0.5, 0.6) is 5.75 Å². The third-order valence-corrected chi connectivity index (χ3v) is 11.4. The van der Waals surface area contributed by atoms with Crippen molar-refractivity contribution in [2.45, 2.75) is 38.9 Å². The van der Waals surface area contributed by atoms with Crippen LogP contribution in [0.2, 0.25) is 0 Å². The summed E-state index contributed by atoms with van der Waals surface area (Å²) in [5.74, 6) is -0.278. The predicted molar refractivity (Wildman–Crippen MR) is 210 cm³/mol. The van der Waals surface area contributed by atoms with E-state index in [1.54, 1.807) is 29.2 Å². The standard InChI is InChI=1S/C44H45N5O6/c1-29-38(43(52)49(34-10-4-3-5-11-34)35-12-14-37(50)15-13-35)25-41(45(29)2)39-23-31-16-17-47(44(53)54)26-33(31)24-40(39)42(51)48-27-32-9-7-6-8-30(32)22-36(48)28-46-18-20-55-21-19-46/h3-15,23-25,36,50H,16-22,26-28H2,1-2H3,(H,53,54)/t36-/m0/s1. The lowest BCUT2D eigenvalue weighted by Gasteiger charge is -2.41. The highest BCUT2D eigenvalue weighted by atomic mass is 16.5. The van der Waals surface area contributed by atoms with Crippen LogP contribution >= 0.6 is 0 Å². The molecule has 0 bridgehead atoms. The molecule has 282 valence electrons. The van der Waals surface area contributed by atoms with Gasteiger partial charge in [0.1, 0.15) is 5.75 Å². The topological polar surface area (TPSA) is 119 Å². The zero-order valence-corrected chi connectivity index (χ0v) is 31.1. The minimum atomic E-state index is -0.987. The van der Waals surface area contributed by atoms with E-state index in [0.717, 1.165) is 41.9 Å². The molecule has 3 aliphatic heterocycles. The maximum atomic E-state index is 15.2. The molecule has 0 spiro atoms. The minimum Gasteiger partial charge on any atom is -0.508 e. The highest BCUT2D eigenvalue weighted by molar-refractivity contribution is 6.12. The predicted octanol–water partition coefficient (Wildman–Crippen LogP) is 6.62. The number of carbonyl (C=O) groups is 3. The zero-order valence-electron chi connectivity index (χ0n) is 31.1. The van der Waals surface area contributed by atoms with Crippen LogP contribution in [0.25, 0.3) is 11.3 Å². The Morgan fingerprint density at radius 3 is 2.20 bits per heavy atom. The summed E-state index contributed by atoms with van der Waals surface area (Å²) in [7, 11) is 1.91. The molecular weight excluding hydrogens is 695 g/mol. The van der Waals surface area contributed by atoms with Crippen molar-refractivity contribution in [3.05, 3.63) is 136 Å². The number of fused-ring (bicyclic) bond motifs is 2. The Balaban J connectivity index is 1.23. The Morgan fingerprint density at radius 1 is 0.782 bits per heavy atom. The first kappa shape index (κ1) is 36.1. The van der Waals surface area contributed by atoms with Crippen LogP contribution in [0.1, 0.15) is 48.7 Å². The summed E-state index contributed by atoms with van der Waals surface area (Å²) in [6, 6.07) is 29.9. The number of benzene rings is 4.